The molecular weight excluding hydrogens is 1060 g/mol. The zero-order valence-corrected chi connectivity index (χ0v) is 44.1. The third kappa shape index (κ3) is 8.28. The van der Waals surface area contributed by atoms with Gasteiger partial charge in [0.15, 0.2) is 0 Å². The first-order valence-corrected chi connectivity index (χ1v) is 24.5. The van der Waals surface area contributed by atoms with Crippen LogP contribution in [0.15, 0.2) is 176 Å². The summed E-state index contributed by atoms with van der Waals surface area (Å²) in [5.41, 5.74) is 9.66. The average molecular weight is 1120 g/mol. The van der Waals surface area contributed by atoms with Gasteiger partial charge < -0.3 is 18.8 Å². The van der Waals surface area contributed by atoms with Crippen molar-refractivity contribution >= 4 is 76.5 Å². The number of hydrogen-bond acceptors (Lipinski definition) is 3. The second-order valence-corrected chi connectivity index (χ2v) is 21.1. The normalized spacial score (nSPS) is 13.6. The van der Waals surface area contributed by atoms with Gasteiger partial charge in [0.25, 0.3) is 0 Å². The molecule has 3 aromatic heterocycles. The first kappa shape index (κ1) is 43.5. The van der Waals surface area contributed by atoms with Gasteiger partial charge in [0, 0.05) is 54.1 Å². The van der Waals surface area contributed by atoms with Crippen molar-refractivity contribution in [2.24, 2.45) is 5.41 Å². The van der Waals surface area contributed by atoms with E-state index in [4.69, 9.17) is 12.5 Å². The van der Waals surface area contributed by atoms with E-state index in [2.05, 4.69) is 176 Å². The second-order valence-electron chi connectivity index (χ2n) is 21.1. The van der Waals surface area contributed by atoms with Gasteiger partial charge in [0.05, 0.1) is 0 Å². The van der Waals surface area contributed by atoms with Crippen LogP contribution in [0.25, 0.3) is 82.1 Å². The standard InChI is InChI=1S/C66H57N4O.Pt/c1-42(2)44-35-45(37-46(36-44)66(6,7)8)50-25-16-26-57-53-22-11-9-20-51(53)52-21-10-12-23-54(52)58-27-17-29-60-64(58)69(63(50)57)41-68(60)47-18-15-19-48(38-47)71-49-30-31-56-55-24-13-14-28-59(55)70(61(56)39-49)62-34-43(32-33-67-62)40-65(3,4)5;/h9-37,41-42H,40H2,1-8H3;/q-3;/i40D2,42D;. The molecule has 0 radical (unpaired) electrons. The maximum Gasteiger partial charge on any atom is 0.135 e. The van der Waals surface area contributed by atoms with Crippen LogP contribution in [-0.2, 0) is 32.9 Å². The van der Waals surface area contributed by atoms with Gasteiger partial charge in [0.2, 0.25) is 0 Å². The van der Waals surface area contributed by atoms with Crippen LogP contribution in [0.3, 0.4) is 0 Å². The Hall–Kier alpha value is -7.33. The molecule has 1 aliphatic heterocycles. The minimum absolute atomic E-state index is 0. The van der Waals surface area contributed by atoms with Crippen LogP contribution in [0.4, 0.5) is 11.4 Å². The van der Waals surface area contributed by atoms with E-state index in [0.717, 1.165) is 93.2 Å². The molecule has 0 amide bonds. The zero-order valence-electron chi connectivity index (χ0n) is 44.8. The van der Waals surface area contributed by atoms with Gasteiger partial charge in [-0.15, -0.1) is 35.7 Å². The van der Waals surface area contributed by atoms with E-state index >= 15 is 0 Å². The fourth-order valence-electron chi connectivity index (χ4n) is 10.4. The van der Waals surface area contributed by atoms with E-state index < -0.39 is 17.7 Å². The summed E-state index contributed by atoms with van der Waals surface area (Å²) in [6.07, 6.45) is 0.0873. The van der Waals surface area contributed by atoms with E-state index in [-0.39, 0.29) is 26.5 Å². The number of hydrogen-bond donors (Lipinski definition) is 0. The number of anilines is 2. The monoisotopic (exact) mass is 1120 g/mol. The van der Waals surface area contributed by atoms with Crippen LogP contribution in [-0.4, -0.2) is 14.1 Å². The predicted molar refractivity (Wildman–Crippen MR) is 298 cm³/mol. The van der Waals surface area contributed by atoms with Crippen molar-refractivity contribution in [3.8, 4) is 28.4 Å². The molecule has 0 aliphatic carbocycles. The Kier molecular flexibility index (Phi) is 10.9. The van der Waals surface area contributed by atoms with Crippen LogP contribution in [0, 0.1) is 24.2 Å². The Bertz CT molecular complexity index is 4120. The zero-order chi connectivity index (χ0) is 51.5. The largest absolute Gasteiger partial charge is 0.509 e. The maximum absolute atomic E-state index is 9.27. The van der Waals surface area contributed by atoms with Crippen LogP contribution in [0.5, 0.6) is 11.5 Å². The first-order chi connectivity index (χ1) is 35.3. The molecule has 0 bridgehead atoms. The van der Waals surface area contributed by atoms with E-state index in [1.54, 1.807) is 12.3 Å². The van der Waals surface area contributed by atoms with Gasteiger partial charge in [-0.1, -0.05) is 182 Å². The van der Waals surface area contributed by atoms with E-state index in [9.17, 15) is 1.37 Å². The smallest absolute Gasteiger partial charge is 0.135 e. The van der Waals surface area contributed by atoms with Crippen LogP contribution < -0.4 is 9.64 Å². The molecule has 0 spiro atoms. The minimum atomic E-state index is -1.60. The molecule has 11 aromatic rings. The van der Waals surface area contributed by atoms with Crippen LogP contribution in [0.1, 0.15) is 82.1 Å². The Labute approximate surface area is 441 Å². The van der Waals surface area contributed by atoms with Crippen molar-refractivity contribution in [3.05, 3.63) is 212 Å². The number of para-hydroxylation sites is 3. The number of aromatic nitrogens is 3. The van der Waals surface area contributed by atoms with Gasteiger partial charge in [-0.2, -0.15) is 12.1 Å². The Morgan fingerprint density at radius 3 is 1.94 bits per heavy atom. The number of pyridine rings is 1. The van der Waals surface area contributed by atoms with Gasteiger partial charge in [-0.05, 0) is 131 Å². The molecule has 0 saturated heterocycles. The molecule has 8 aromatic carbocycles. The summed E-state index contributed by atoms with van der Waals surface area (Å²) < 4.78 is 38.6. The first-order valence-electron chi connectivity index (χ1n) is 26.0. The topological polar surface area (TPSA) is 35.2 Å². The quantitative estimate of drug-likeness (QED) is 0.149. The summed E-state index contributed by atoms with van der Waals surface area (Å²) in [6.45, 7) is 18.6. The molecule has 6 heteroatoms. The van der Waals surface area contributed by atoms with E-state index in [1.165, 1.54) is 5.56 Å². The van der Waals surface area contributed by atoms with Crippen molar-refractivity contribution in [1.82, 2.24) is 14.1 Å². The molecule has 5 nitrogen and oxygen atoms in total. The SMILES string of the molecule is [2H]C(C)(C)c1cc(-c2cccc3c4ccccc4c4ccccc4c4cccc5c4n(c23)[CH-]N5c2[c-]c(Oc3[c-]c4c(cc3)c3ccccc3n4-c3cc(C([2H])([2H])C(C)(C)C)ccn3)ccc2)cc(C(C)(C)C)c1.[Pt]. The van der Waals surface area contributed by atoms with Crippen LogP contribution >= 0.6 is 0 Å². The molecule has 72 heavy (non-hydrogen) atoms. The fraction of sp³-hybridized carbons (Fsp3) is 0.182. The molecule has 0 unspecified atom stereocenters. The summed E-state index contributed by atoms with van der Waals surface area (Å²) in [4.78, 5) is 7.02. The minimum Gasteiger partial charge on any atom is -0.509 e. The summed E-state index contributed by atoms with van der Waals surface area (Å²) in [6, 6.07) is 66.5. The molecule has 0 N–H and O–H groups in total. The van der Waals surface area contributed by atoms with Gasteiger partial charge in [-0.3, -0.25) is 0 Å². The second kappa shape index (κ2) is 18.1. The summed E-state index contributed by atoms with van der Waals surface area (Å²) in [5, 5.41) is 8.81. The number of nitrogens with zero attached hydrogens (tertiary/aromatic N) is 4. The molecule has 360 valence electrons. The average Bonchev–Trinajstić information content (AvgIpc) is 3.97. The number of rotatable bonds is 7. The summed E-state index contributed by atoms with van der Waals surface area (Å²) in [7, 11) is 0. The van der Waals surface area contributed by atoms with E-state index in [1.807, 2.05) is 75.6 Å². The molecule has 12 rings (SSSR count). The van der Waals surface area contributed by atoms with E-state index in [0.29, 0.717) is 22.9 Å². The summed E-state index contributed by atoms with van der Waals surface area (Å²) >= 11 is 0. The molecule has 0 saturated carbocycles. The third-order valence-electron chi connectivity index (χ3n) is 13.7. The molecule has 0 fully saturated rings. The summed E-state index contributed by atoms with van der Waals surface area (Å²) in [5.74, 6) is 0.818. The molecule has 4 heterocycles. The van der Waals surface area contributed by atoms with Crippen molar-refractivity contribution in [1.29, 1.82) is 0 Å². The molecule has 0 atom stereocenters. The Morgan fingerprint density at radius 2 is 1.25 bits per heavy atom. The van der Waals surface area contributed by atoms with Gasteiger partial charge in [-0.25, -0.2) is 4.98 Å². The predicted octanol–water partition coefficient (Wildman–Crippen LogP) is 17.9. The Balaban J connectivity index is 0.00000602. The molecular formula is C66H57N4OPt-3. The van der Waals surface area contributed by atoms with Crippen molar-refractivity contribution < 1.29 is 29.9 Å². The Morgan fingerprint density at radius 1 is 0.625 bits per heavy atom. The van der Waals surface area contributed by atoms with Gasteiger partial charge >= 0.3 is 0 Å². The van der Waals surface area contributed by atoms with Crippen molar-refractivity contribution in [3.63, 3.8) is 0 Å². The molecule has 1 aliphatic rings. The van der Waals surface area contributed by atoms with Gasteiger partial charge in [0.1, 0.15) is 5.82 Å². The number of benzene rings is 8. The third-order valence-corrected chi connectivity index (χ3v) is 13.7. The van der Waals surface area contributed by atoms with Crippen LogP contribution in [0.2, 0.25) is 0 Å². The van der Waals surface area contributed by atoms with Crippen molar-refractivity contribution in [2.75, 3.05) is 4.90 Å². The maximum atomic E-state index is 9.27. The van der Waals surface area contributed by atoms with Crippen molar-refractivity contribution in [2.45, 2.75) is 73.1 Å². The number of fused-ring (bicyclic) bond motifs is 10. The fourth-order valence-corrected chi connectivity index (χ4v) is 10.4. The number of ether oxygens (including phenoxy) is 1.